The van der Waals surface area contributed by atoms with Crippen molar-refractivity contribution in [1.82, 2.24) is 4.98 Å². The van der Waals surface area contributed by atoms with Crippen LogP contribution in [0.1, 0.15) is 10.5 Å². The van der Waals surface area contributed by atoms with Crippen LogP contribution in [0, 0.1) is 3.57 Å². The second-order valence-electron chi connectivity index (χ2n) is 4.23. The monoisotopic (exact) mass is 362 g/mol. The summed E-state index contributed by atoms with van der Waals surface area (Å²) in [5.41, 5.74) is 2.34. The zero-order valence-corrected chi connectivity index (χ0v) is 12.1. The SMILES string of the molecule is O=C(Nc1cccc(I)c1)c1cc2ccccc2[nH]1. The number of amides is 1. The minimum absolute atomic E-state index is 0.127. The van der Waals surface area contributed by atoms with E-state index in [2.05, 4.69) is 32.9 Å². The van der Waals surface area contributed by atoms with Crippen LogP contribution < -0.4 is 5.32 Å². The molecule has 1 heterocycles. The summed E-state index contributed by atoms with van der Waals surface area (Å²) < 4.78 is 1.09. The number of benzene rings is 2. The first-order valence-electron chi connectivity index (χ1n) is 5.87. The molecule has 0 spiro atoms. The van der Waals surface area contributed by atoms with Crippen molar-refractivity contribution in [3.8, 4) is 0 Å². The molecule has 0 aliphatic heterocycles. The van der Waals surface area contributed by atoms with Crippen LogP contribution in [0.2, 0.25) is 0 Å². The Bertz CT molecular complexity index is 715. The Labute approximate surface area is 124 Å². The Balaban J connectivity index is 1.87. The number of carbonyl (C=O) groups excluding carboxylic acids is 1. The van der Waals surface area contributed by atoms with E-state index in [4.69, 9.17) is 0 Å². The average Bonchev–Trinajstić information content (AvgIpc) is 2.82. The predicted molar refractivity (Wildman–Crippen MR) is 85.4 cm³/mol. The second-order valence-corrected chi connectivity index (χ2v) is 5.48. The largest absolute Gasteiger partial charge is 0.351 e. The molecule has 4 heteroatoms. The summed E-state index contributed by atoms with van der Waals surface area (Å²) in [6, 6.07) is 17.4. The van der Waals surface area contributed by atoms with Crippen LogP contribution in [0.15, 0.2) is 54.6 Å². The molecule has 0 saturated carbocycles. The molecular weight excluding hydrogens is 351 g/mol. The number of aromatic nitrogens is 1. The highest BCUT2D eigenvalue weighted by Gasteiger charge is 2.09. The number of halogens is 1. The van der Waals surface area contributed by atoms with Gasteiger partial charge in [0.05, 0.1) is 0 Å². The topological polar surface area (TPSA) is 44.9 Å². The van der Waals surface area contributed by atoms with Gasteiger partial charge in [0.1, 0.15) is 5.69 Å². The molecule has 0 bridgehead atoms. The van der Waals surface area contributed by atoms with Gasteiger partial charge in [-0.25, -0.2) is 0 Å². The van der Waals surface area contributed by atoms with Gasteiger partial charge in [-0.2, -0.15) is 0 Å². The van der Waals surface area contributed by atoms with Gasteiger partial charge in [-0.05, 0) is 52.9 Å². The number of para-hydroxylation sites is 1. The smallest absolute Gasteiger partial charge is 0.272 e. The van der Waals surface area contributed by atoms with E-state index >= 15 is 0 Å². The third-order valence-corrected chi connectivity index (χ3v) is 3.53. The fourth-order valence-electron chi connectivity index (χ4n) is 1.96. The molecule has 1 aromatic heterocycles. The van der Waals surface area contributed by atoms with Crippen LogP contribution in [0.25, 0.3) is 10.9 Å². The molecule has 3 rings (SSSR count). The van der Waals surface area contributed by atoms with Crippen molar-refractivity contribution in [2.45, 2.75) is 0 Å². The predicted octanol–water partition coefficient (Wildman–Crippen LogP) is 4.02. The minimum Gasteiger partial charge on any atom is -0.351 e. The lowest BCUT2D eigenvalue weighted by atomic mass is 10.2. The fraction of sp³-hybridized carbons (Fsp3) is 0. The number of hydrogen-bond acceptors (Lipinski definition) is 1. The Hall–Kier alpha value is -1.82. The van der Waals surface area contributed by atoms with Gasteiger partial charge in [-0.3, -0.25) is 4.79 Å². The highest BCUT2D eigenvalue weighted by molar-refractivity contribution is 14.1. The zero-order chi connectivity index (χ0) is 13.2. The first-order valence-corrected chi connectivity index (χ1v) is 6.95. The molecule has 0 fully saturated rings. The summed E-state index contributed by atoms with van der Waals surface area (Å²) in [6.07, 6.45) is 0. The van der Waals surface area contributed by atoms with E-state index in [1.54, 1.807) is 0 Å². The van der Waals surface area contributed by atoms with Gasteiger partial charge in [-0.1, -0.05) is 24.3 Å². The lowest BCUT2D eigenvalue weighted by Crippen LogP contribution is -2.12. The van der Waals surface area contributed by atoms with Crippen molar-refractivity contribution in [2.24, 2.45) is 0 Å². The van der Waals surface area contributed by atoms with Gasteiger partial charge >= 0.3 is 0 Å². The van der Waals surface area contributed by atoms with Crippen LogP contribution in [0.3, 0.4) is 0 Å². The maximum absolute atomic E-state index is 12.2. The number of aromatic amines is 1. The van der Waals surface area contributed by atoms with Crippen molar-refractivity contribution in [3.63, 3.8) is 0 Å². The van der Waals surface area contributed by atoms with E-state index in [0.29, 0.717) is 5.69 Å². The maximum Gasteiger partial charge on any atom is 0.272 e. The first kappa shape index (κ1) is 12.2. The summed E-state index contributed by atoms with van der Waals surface area (Å²) in [5, 5.41) is 3.92. The van der Waals surface area contributed by atoms with E-state index in [1.807, 2.05) is 54.6 Å². The van der Waals surface area contributed by atoms with E-state index in [-0.39, 0.29) is 5.91 Å². The van der Waals surface area contributed by atoms with Crippen molar-refractivity contribution in [2.75, 3.05) is 5.32 Å². The molecule has 0 aliphatic rings. The van der Waals surface area contributed by atoms with Crippen LogP contribution in [0.5, 0.6) is 0 Å². The number of carbonyl (C=O) groups is 1. The Kier molecular flexibility index (Phi) is 3.25. The summed E-state index contributed by atoms with van der Waals surface area (Å²) in [7, 11) is 0. The lowest BCUT2D eigenvalue weighted by molar-refractivity contribution is 0.102. The highest BCUT2D eigenvalue weighted by Crippen LogP contribution is 2.17. The standard InChI is InChI=1S/C15H11IN2O/c16-11-5-3-6-12(9-11)17-15(19)14-8-10-4-1-2-7-13(10)18-14/h1-9,18H,(H,17,19). The molecular formula is C15H11IN2O. The summed E-state index contributed by atoms with van der Waals surface area (Å²) in [6.45, 7) is 0. The third-order valence-electron chi connectivity index (χ3n) is 2.86. The minimum atomic E-state index is -0.127. The number of H-pyrrole nitrogens is 1. The number of hydrogen-bond donors (Lipinski definition) is 2. The molecule has 0 atom stereocenters. The molecule has 2 aromatic carbocycles. The Morgan fingerprint density at radius 1 is 1.05 bits per heavy atom. The van der Waals surface area contributed by atoms with Crippen molar-refractivity contribution in [3.05, 3.63) is 63.9 Å². The van der Waals surface area contributed by atoms with Gasteiger partial charge in [0.2, 0.25) is 0 Å². The highest BCUT2D eigenvalue weighted by atomic mass is 127. The summed E-state index contributed by atoms with van der Waals surface area (Å²) >= 11 is 2.22. The van der Waals surface area contributed by atoms with Crippen molar-refractivity contribution < 1.29 is 4.79 Å². The maximum atomic E-state index is 12.2. The lowest BCUT2D eigenvalue weighted by Gasteiger charge is -2.03. The summed E-state index contributed by atoms with van der Waals surface area (Å²) in [4.78, 5) is 15.3. The molecule has 2 N–H and O–H groups in total. The van der Waals surface area contributed by atoms with Gasteiger partial charge in [0, 0.05) is 20.2 Å². The molecule has 1 amide bonds. The molecule has 3 aromatic rings. The average molecular weight is 362 g/mol. The van der Waals surface area contributed by atoms with E-state index < -0.39 is 0 Å². The Morgan fingerprint density at radius 2 is 1.89 bits per heavy atom. The summed E-state index contributed by atoms with van der Waals surface area (Å²) in [5.74, 6) is -0.127. The zero-order valence-electron chi connectivity index (χ0n) is 9.98. The van der Waals surface area contributed by atoms with Crippen LogP contribution in [-0.2, 0) is 0 Å². The van der Waals surface area contributed by atoms with Gasteiger partial charge in [0.15, 0.2) is 0 Å². The fourth-order valence-corrected chi connectivity index (χ4v) is 2.50. The van der Waals surface area contributed by atoms with Crippen LogP contribution >= 0.6 is 22.6 Å². The van der Waals surface area contributed by atoms with E-state index in [9.17, 15) is 4.79 Å². The van der Waals surface area contributed by atoms with Gasteiger partial charge in [0.25, 0.3) is 5.91 Å². The first-order chi connectivity index (χ1) is 9.22. The van der Waals surface area contributed by atoms with Crippen LogP contribution in [-0.4, -0.2) is 10.9 Å². The molecule has 3 nitrogen and oxygen atoms in total. The molecule has 0 aliphatic carbocycles. The molecule has 0 unspecified atom stereocenters. The van der Waals surface area contributed by atoms with Gasteiger partial charge < -0.3 is 10.3 Å². The normalized spacial score (nSPS) is 10.6. The third kappa shape index (κ3) is 2.63. The number of nitrogens with one attached hydrogen (secondary N) is 2. The number of anilines is 1. The number of fused-ring (bicyclic) bond motifs is 1. The second kappa shape index (κ2) is 5.05. The van der Waals surface area contributed by atoms with E-state index in [1.165, 1.54) is 0 Å². The van der Waals surface area contributed by atoms with Gasteiger partial charge in [-0.15, -0.1) is 0 Å². The molecule has 94 valence electrons. The Morgan fingerprint density at radius 3 is 2.68 bits per heavy atom. The quantitative estimate of drug-likeness (QED) is 0.665. The van der Waals surface area contributed by atoms with Crippen LogP contribution in [0.4, 0.5) is 5.69 Å². The van der Waals surface area contributed by atoms with Crippen molar-refractivity contribution >= 4 is 45.1 Å². The molecule has 19 heavy (non-hydrogen) atoms. The van der Waals surface area contributed by atoms with Crippen molar-refractivity contribution in [1.29, 1.82) is 0 Å². The number of rotatable bonds is 2. The molecule has 0 radical (unpaired) electrons. The molecule has 0 saturated heterocycles. The van der Waals surface area contributed by atoms with E-state index in [0.717, 1.165) is 20.2 Å².